The smallest absolute Gasteiger partial charge is 0.137 e. The van der Waals surface area contributed by atoms with Crippen LogP contribution in [0.15, 0.2) is 16.6 Å². The van der Waals surface area contributed by atoms with Crippen LogP contribution in [0.2, 0.25) is 5.02 Å². The van der Waals surface area contributed by atoms with Gasteiger partial charge in [-0.3, -0.25) is 0 Å². The van der Waals surface area contributed by atoms with E-state index >= 15 is 0 Å². The number of halogens is 3. The van der Waals surface area contributed by atoms with Gasteiger partial charge in [-0.25, -0.2) is 0 Å². The predicted molar refractivity (Wildman–Crippen MR) is 81.0 cm³/mol. The zero-order chi connectivity index (χ0) is 13.1. The van der Waals surface area contributed by atoms with Crippen molar-refractivity contribution in [3.8, 4) is 5.75 Å². The number of hydrogen-bond acceptors (Lipinski definition) is 2. The van der Waals surface area contributed by atoms with E-state index in [-0.39, 0.29) is 10.9 Å². The molecule has 0 N–H and O–H groups in total. The monoisotopic (exact) mass is 396 g/mol. The van der Waals surface area contributed by atoms with Crippen LogP contribution in [0.4, 0.5) is 0 Å². The molecule has 1 aliphatic heterocycles. The maximum absolute atomic E-state index is 6.11. The molecule has 2 atom stereocenters. The van der Waals surface area contributed by atoms with Gasteiger partial charge in [0.2, 0.25) is 0 Å². The first kappa shape index (κ1) is 14.6. The fraction of sp³-hybridized carbons (Fsp3) is 0.538. The van der Waals surface area contributed by atoms with E-state index < -0.39 is 0 Å². The summed E-state index contributed by atoms with van der Waals surface area (Å²) >= 11 is 13.3. The van der Waals surface area contributed by atoms with E-state index in [4.69, 9.17) is 21.1 Å². The molecular weight excluding hydrogens is 383 g/mol. The predicted octanol–water partition coefficient (Wildman–Crippen LogP) is 5.12. The van der Waals surface area contributed by atoms with Crippen molar-refractivity contribution in [2.24, 2.45) is 0 Å². The average molecular weight is 399 g/mol. The second-order valence-corrected chi connectivity index (χ2v) is 6.59. The summed E-state index contributed by atoms with van der Waals surface area (Å²) in [5, 5.41) is 0.693. The van der Waals surface area contributed by atoms with Gasteiger partial charge in [0.25, 0.3) is 0 Å². The number of alkyl halides is 1. The standard InChI is InChI=1S/C13H15Br2ClO2/c1-17-13-9(6-8(16)7-10(13)14)12(15)11-4-2-3-5-18-11/h6-7,11-12H,2-5H2,1H3. The Labute approximate surface area is 129 Å². The third kappa shape index (κ3) is 3.21. The van der Waals surface area contributed by atoms with E-state index in [2.05, 4.69) is 31.9 Å². The number of benzene rings is 1. The summed E-state index contributed by atoms with van der Waals surface area (Å²) in [6.07, 6.45) is 3.59. The van der Waals surface area contributed by atoms with Crippen LogP contribution in [-0.2, 0) is 4.74 Å². The van der Waals surface area contributed by atoms with Gasteiger partial charge in [-0.1, -0.05) is 27.5 Å². The lowest BCUT2D eigenvalue weighted by Crippen LogP contribution is -2.23. The Kier molecular flexibility index (Phi) is 5.36. The quantitative estimate of drug-likeness (QED) is 0.658. The van der Waals surface area contributed by atoms with Crippen molar-refractivity contribution in [2.75, 3.05) is 13.7 Å². The van der Waals surface area contributed by atoms with E-state index in [0.717, 1.165) is 35.2 Å². The van der Waals surface area contributed by atoms with E-state index in [0.29, 0.717) is 5.02 Å². The molecule has 0 amide bonds. The van der Waals surface area contributed by atoms with Crippen molar-refractivity contribution in [3.05, 3.63) is 27.2 Å². The minimum absolute atomic E-state index is 0.0998. The fourth-order valence-electron chi connectivity index (χ4n) is 2.20. The molecule has 0 aromatic heterocycles. The highest BCUT2D eigenvalue weighted by molar-refractivity contribution is 9.10. The van der Waals surface area contributed by atoms with E-state index in [1.807, 2.05) is 12.1 Å². The SMILES string of the molecule is COc1c(Br)cc(Cl)cc1C(Br)C1CCCCO1. The van der Waals surface area contributed by atoms with Gasteiger partial charge >= 0.3 is 0 Å². The Hall–Kier alpha value is 0.230. The molecular formula is C13H15Br2ClO2. The van der Waals surface area contributed by atoms with Crippen molar-refractivity contribution < 1.29 is 9.47 Å². The highest BCUT2D eigenvalue weighted by Gasteiger charge is 2.27. The van der Waals surface area contributed by atoms with Gasteiger partial charge < -0.3 is 9.47 Å². The molecule has 0 saturated carbocycles. The molecule has 1 aliphatic rings. The summed E-state index contributed by atoms with van der Waals surface area (Å²) in [5.41, 5.74) is 1.03. The normalized spacial score (nSPS) is 21.7. The molecule has 5 heteroatoms. The average Bonchev–Trinajstić information content (AvgIpc) is 2.38. The van der Waals surface area contributed by atoms with Crippen LogP contribution in [0.25, 0.3) is 0 Å². The van der Waals surface area contributed by atoms with Gasteiger partial charge in [0.05, 0.1) is 22.5 Å². The minimum Gasteiger partial charge on any atom is -0.495 e. The molecule has 1 fully saturated rings. The van der Waals surface area contributed by atoms with E-state index in [9.17, 15) is 0 Å². The number of rotatable bonds is 3. The van der Waals surface area contributed by atoms with Crippen molar-refractivity contribution in [2.45, 2.75) is 30.2 Å². The lowest BCUT2D eigenvalue weighted by molar-refractivity contribution is 0.0157. The Balaban J connectivity index is 2.30. The maximum Gasteiger partial charge on any atom is 0.137 e. The second-order valence-electron chi connectivity index (χ2n) is 4.32. The first-order valence-corrected chi connectivity index (χ1v) is 8.00. The molecule has 1 aromatic carbocycles. The van der Waals surface area contributed by atoms with Gasteiger partial charge in [-0.2, -0.15) is 0 Å². The molecule has 1 aromatic rings. The van der Waals surface area contributed by atoms with E-state index in [1.165, 1.54) is 6.42 Å². The first-order valence-electron chi connectivity index (χ1n) is 5.92. The zero-order valence-corrected chi connectivity index (χ0v) is 14.0. The Bertz CT molecular complexity index is 420. The molecule has 100 valence electrons. The molecule has 1 saturated heterocycles. The summed E-state index contributed by atoms with van der Waals surface area (Å²) < 4.78 is 12.1. The minimum atomic E-state index is 0.0998. The van der Waals surface area contributed by atoms with Crippen LogP contribution in [-0.4, -0.2) is 19.8 Å². The lowest BCUT2D eigenvalue weighted by Gasteiger charge is -2.28. The molecule has 0 bridgehead atoms. The topological polar surface area (TPSA) is 18.5 Å². The van der Waals surface area contributed by atoms with Crippen molar-refractivity contribution in [3.63, 3.8) is 0 Å². The third-order valence-corrected chi connectivity index (χ3v) is 4.97. The Morgan fingerprint density at radius 2 is 2.22 bits per heavy atom. The van der Waals surface area contributed by atoms with Crippen LogP contribution in [0.1, 0.15) is 29.7 Å². The number of hydrogen-bond donors (Lipinski definition) is 0. The molecule has 2 rings (SSSR count). The molecule has 0 spiro atoms. The first-order chi connectivity index (χ1) is 8.63. The molecule has 1 heterocycles. The zero-order valence-electron chi connectivity index (χ0n) is 10.1. The maximum atomic E-state index is 6.11. The largest absolute Gasteiger partial charge is 0.495 e. The van der Waals surface area contributed by atoms with Gasteiger partial charge in [-0.05, 0) is 47.3 Å². The van der Waals surface area contributed by atoms with Crippen molar-refractivity contribution in [1.82, 2.24) is 0 Å². The fourth-order valence-corrected chi connectivity index (χ4v) is 3.95. The summed E-state index contributed by atoms with van der Waals surface area (Å²) in [4.78, 5) is 0.0998. The van der Waals surface area contributed by atoms with Gasteiger partial charge in [0, 0.05) is 17.2 Å². The summed E-state index contributed by atoms with van der Waals surface area (Å²) in [6.45, 7) is 0.830. The Morgan fingerprint density at radius 3 is 2.83 bits per heavy atom. The number of methoxy groups -OCH3 is 1. The molecule has 18 heavy (non-hydrogen) atoms. The highest BCUT2D eigenvalue weighted by atomic mass is 79.9. The molecule has 2 nitrogen and oxygen atoms in total. The van der Waals surface area contributed by atoms with Crippen LogP contribution >= 0.6 is 43.5 Å². The third-order valence-electron chi connectivity index (χ3n) is 3.08. The summed E-state index contributed by atoms with van der Waals surface area (Å²) in [7, 11) is 1.67. The summed E-state index contributed by atoms with van der Waals surface area (Å²) in [5.74, 6) is 0.815. The van der Waals surface area contributed by atoms with Crippen LogP contribution < -0.4 is 4.74 Å². The Morgan fingerprint density at radius 1 is 1.44 bits per heavy atom. The highest BCUT2D eigenvalue weighted by Crippen LogP contribution is 2.42. The number of ether oxygens (including phenoxy) is 2. The van der Waals surface area contributed by atoms with Crippen molar-refractivity contribution >= 4 is 43.5 Å². The molecule has 2 unspecified atom stereocenters. The lowest BCUT2D eigenvalue weighted by atomic mass is 10.0. The van der Waals surface area contributed by atoms with Gasteiger partial charge in [-0.15, -0.1) is 0 Å². The van der Waals surface area contributed by atoms with Gasteiger partial charge in [0.1, 0.15) is 5.75 Å². The second kappa shape index (κ2) is 6.60. The van der Waals surface area contributed by atoms with Crippen LogP contribution in [0.3, 0.4) is 0 Å². The van der Waals surface area contributed by atoms with Gasteiger partial charge in [0.15, 0.2) is 0 Å². The van der Waals surface area contributed by atoms with Crippen molar-refractivity contribution in [1.29, 1.82) is 0 Å². The molecule has 0 radical (unpaired) electrons. The van der Waals surface area contributed by atoms with Crippen LogP contribution in [0.5, 0.6) is 5.75 Å². The summed E-state index contributed by atoms with van der Waals surface area (Å²) in [6, 6.07) is 3.77. The van der Waals surface area contributed by atoms with Crippen LogP contribution in [0, 0.1) is 0 Å². The molecule has 0 aliphatic carbocycles. The van der Waals surface area contributed by atoms with E-state index in [1.54, 1.807) is 7.11 Å².